The highest BCUT2D eigenvalue weighted by Gasteiger charge is 2.10. The zero-order valence-corrected chi connectivity index (χ0v) is 14.0. The highest BCUT2D eigenvalue weighted by molar-refractivity contribution is 5.89. The second kappa shape index (κ2) is 8.76. The van der Waals surface area contributed by atoms with Crippen LogP contribution in [0.1, 0.15) is 25.2 Å². The highest BCUT2D eigenvalue weighted by atomic mass is 16.3. The molecule has 6 nitrogen and oxygen atoms in total. The molecule has 2 N–H and O–H groups in total. The summed E-state index contributed by atoms with van der Waals surface area (Å²) < 4.78 is 5.15. The van der Waals surface area contributed by atoms with E-state index in [-0.39, 0.29) is 11.9 Å². The number of nitrogens with zero attached hydrogens (tertiary/aromatic N) is 1. The van der Waals surface area contributed by atoms with Crippen LogP contribution in [0.4, 0.5) is 10.5 Å². The summed E-state index contributed by atoms with van der Waals surface area (Å²) in [5.41, 5.74) is 1.60. The maximum Gasteiger partial charge on any atom is 0.319 e. The summed E-state index contributed by atoms with van der Waals surface area (Å²) in [6, 6.07) is 10.5. The van der Waals surface area contributed by atoms with Crippen LogP contribution in [-0.2, 0) is 17.8 Å². The monoisotopic (exact) mass is 329 g/mol. The van der Waals surface area contributed by atoms with Crippen molar-refractivity contribution in [3.8, 4) is 0 Å². The number of urea groups is 1. The van der Waals surface area contributed by atoms with Gasteiger partial charge < -0.3 is 20.0 Å². The van der Waals surface area contributed by atoms with Crippen LogP contribution in [0.25, 0.3) is 0 Å². The Morgan fingerprint density at radius 1 is 1.08 bits per heavy atom. The first-order valence-electron chi connectivity index (χ1n) is 8.06. The number of benzene rings is 1. The van der Waals surface area contributed by atoms with Crippen LogP contribution in [0.15, 0.2) is 47.1 Å². The van der Waals surface area contributed by atoms with Gasteiger partial charge in [-0.3, -0.25) is 4.79 Å². The largest absolute Gasteiger partial charge is 0.467 e. The highest BCUT2D eigenvalue weighted by Crippen LogP contribution is 2.11. The smallest absolute Gasteiger partial charge is 0.319 e. The molecule has 0 radical (unpaired) electrons. The minimum atomic E-state index is -0.307. The summed E-state index contributed by atoms with van der Waals surface area (Å²) >= 11 is 0. The lowest BCUT2D eigenvalue weighted by molar-refractivity contribution is -0.130. The molecule has 128 valence electrons. The Morgan fingerprint density at radius 2 is 1.79 bits per heavy atom. The lowest BCUT2D eigenvalue weighted by Crippen LogP contribution is -2.31. The first-order chi connectivity index (χ1) is 11.6. The zero-order chi connectivity index (χ0) is 17.4. The molecule has 0 spiro atoms. The Balaban J connectivity index is 1.83. The van der Waals surface area contributed by atoms with Crippen molar-refractivity contribution in [1.29, 1.82) is 0 Å². The number of amides is 3. The van der Waals surface area contributed by atoms with Gasteiger partial charge in [-0.25, -0.2) is 4.79 Å². The van der Waals surface area contributed by atoms with E-state index in [1.165, 1.54) is 0 Å². The summed E-state index contributed by atoms with van der Waals surface area (Å²) in [5.74, 6) is 0.798. The van der Waals surface area contributed by atoms with Gasteiger partial charge in [0.25, 0.3) is 0 Å². The van der Waals surface area contributed by atoms with Crippen molar-refractivity contribution in [2.75, 3.05) is 18.4 Å². The Bertz CT molecular complexity index is 647. The van der Waals surface area contributed by atoms with Gasteiger partial charge in [-0.2, -0.15) is 0 Å². The summed E-state index contributed by atoms with van der Waals surface area (Å²) in [7, 11) is 0. The van der Waals surface area contributed by atoms with Crippen molar-refractivity contribution < 1.29 is 14.0 Å². The molecule has 6 heteroatoms. The van der Waals surface area contributed by atoms with Gasteiger partial charge in [0, 0.05) is 18.8 Å². The molecule has 1 heterocycles. The summed E-state index contributed by atoms with van der Waals surface area (Å²) in [6.07, 6.45) is 1.93. The van der Waals surface area contributed by atoms with Crippen LogP contribution < -0.4 is 10.6 Å². The first-order valence-corrected chi connectivity index (χ1v) is 8.06. The molecule has 0 fully saturated rings. The van der Waals surface area contributed by atoms with E-state index in [2.05, 4.69) is 10.6 Å². The topological polar surface area (TPSA) is 74.6 Å². The molecule has 1 aromatic carbocycles. The number of nitrogens with one attached hydrogen (secondary N) is 2. The van der Waals surface area contributed by atoms with Crippen LogP contribution in [0.2, 0.25) is 0 Å². The predicted octanol–water partition coefficient (Wildman–Crippen LogP) is 3.01. The van der Waals surface area contributed by atoms with Crippen LogP contribution in [0.5, 0.6) is 0 Å². The number of carbonyl (C=O) groups is 2. The number of likely N-dealkylation sites (N-methyl/N-ethyl adjacent to an activating group) is 1. The molecule has 2 aromatic rings. The number of carbonyl (C=O) groups excluding carboxylic acids is 2. The number of furan rings is 1. The summed E-state index contributed by atoms with van der Waals surface area (Å²) in [4.78, 5) is 25.7. The first kappa shape index (κ1) is 17.6. The zero-order valence-electron chi connectivity index (χ0n) is 14.0. The van der Waals surface area contributed by atoms with Gasteiger partial charge in [-0.15, -0.1) is 0 Å². The molecular weight excluding hydrogens is 306 g/mol. The van der Waals surface area contributed by atoms with Gasteiger partial charge in [0.1, 0.15) is 5.76 Å². The van der Waals surface area contributed by atoms with E-state index >= 15 is 0 Å². The second-order valence-corrected chi connectivity index (χ2v) is 5.33. The molecule has 2 rings (SSSR count). The molecule has 3 amide bonds. The van der Waals surface area contributed by atoms with Gasteiger partial charge in [0.2, 0.25) is 5.91 Å². The molecule has 0 aliphatic rings. The van der Waals surface area contributed by atoms with Gasteiger partial charge in [0.05, 0.1) is 19.2 Å². The number of rotatable bonds is 7. The van der Waals surface area contributed by atoms with Gasteiger partial charge >= 0.3 is 6.03 Å². The fraction of sp³-hybridized carbons (Fsp3) is 0.333. The van der Waals surface area contributed by atoms with Crippen LogP contribution in [0.3, 0.4) is 0 Å². The molecule has 0 bridgehead atoms. The maximum absolute atomic E-state index is 12.1. The van der Waals surface area contributed by atoms with E-state index in [9.17, 15) is 9.59 Å². The average Bonchev–Trinajstić information content (AvgIpc) is 3.09. The molecule has 0 saturated heterocycles. The lowest BCUT2D eigenvalue weighted by atomic mass is 10.1. The number of hydrogen-bond acceptors (Lipinski definition) is 3. The lowest BCUT2D eigenvalue weighted by Gasteiger charge is -2.18. The third-order valence-corrected chi connectivity index (χ3v) is 3.69. The molecule has 0 atom stereocenters. The molecule has 24 heavy (non-hydrogen) atoms. The van der Waals surface area contributed by atoms with E-state index in [4.69, 9.17) is 4.42 Å². The van der Waals surface area contributed by atoms with Gasteiger partial charge in [-0.05, 0) is 43.7 Å². The average molecular weight is 329 g/mol. The third-order valence-electron chi connectivity index (χ3n) is 3.69. The van der Waals surface area contributed by atoms with E-state index in [1.807, 2.05) is 26.0 Å². The van der Waals surface area contributed by atoms with Crippen molar-refractivity contribution in [3.05, 3.63) is 54.0 Å². The second-order valence-electron chi connectivity index (χ2n) is 5.33. The Kier molecular flexibility index (Phi) is 6.42. The standard InChI is InChI=1S/C18H23N3O3/c1-3-21(4-2)17(22)12-14-7-9-15(10-8-14)20-18(23)19-13-16-6-5-11-24-16/h5-11H,3-4,12-13H2,1-2H3,(H2,19,20,23). The molecule has 1 aromatic heterocycles. The van der Waals surface area contributed by atoms with E-state index in [0.717, 1.165) is 5.56 Å². The SMILES string of the molecule is CCN(CC)C(=O)Cc1ccc(NC(=O)NCc2ccco2)cc1. The van der Waals surface area contributed by atoms with Crippen molar-refractivity contribution in [2.45, 2.75) is 26.8 Å². The van der Waals surface area contributed by atoms with Crippen LogP contribution >= 0.6 is 0 Å². The quantitative estimate of drug-likeness (QED) is 0.820. The molecule has 0 saturated carbocycles. The minimum Gasteiger partial charge on any atom is -0.467 e. The van der Waals surface area contributed by atoms with Gasteiger partial charge in [0.15, 0.2) is 0 Å². The van der Waals surface area contributed by atoms with E-state index in [0.29, 0.717) is 37.5 Å². The summed E-state index contributed by atoms with van der Waals surface area (Å²) in [6.45, 7) is 5.69. The molecule has 0 aliphatic heterocycles. The Morgan fingerprint density at radius 3 is 2.38 bits per heavy atom. The van der Waals surface area contributed by atoms with Crippen molar-refractivity contribution >= 4 is 17.6 Å². The predicted molar refractivity (Wildman–Crippen MR) is 92.6 cm³/mol. The van der Waals surface area contributed by atoms with Crippen molar-refractivity contribution in [1.82, 2.24) is 10.2 Å². The fourth-order valence-electron chi connectivity index (χ4n) is 2.32. The minimum absolute atomic E-state index is 0.108. The van der Waals surface area contributed by atoms with Crippen LogP contribution in [-0.4, -0.2) is 29.9 Å². The van der Waals surface area contributed by atoms with Gasteiger partial charge in [-0.1, -0.05) is 12.1 Å². The maximum atomic E-state index is 12.1. The number of hydrogen-bond donors (Lipinski definition) is 2. The normalized spacial score (nSPS) is 10.2. The van der Waals surface area contributed by atoms with E-state index < -0.39 is 0 Å². The Labute approximate surface area is 141 Å². The molecule has 0 unspecified atom stereocenters. The van der Waals surface area contributed by atoms with Crippen molar-refractivity contribution in [2.24, 2.45) is 0 Å². The third kappa shape index (κ3) is 5.15. The number of anilines is 1. The van der Waals surface area contributed by atoms with E-state index in [1.54, 1.807) is 35.4 Å². The van der Waals surface area contributed by atoms with Crippen LogP contribution in [0, 0.1) is 0 Å². The Hall–Kier alpha value is -2.76. The summed E-state index contributed by atoms with van der Waals surface area (Å²) in [5, 5.41) is 5.45. The fourth-order valence-corrected chi connectivity index (χ4v) is 2.32. The van der Waals surface area contributed by atoms with Crippen molar-refractivity contribution in [3.63, 3.8) is 0 Å². The molecular formula is C18H23N3O3. The molecule has 0 aliphatic carbocycles.